The summed E-state index contributed by atoms with van der Waals surface area (Å²) in [6.07, 6.45) is 5.39. The standard InChI is InChI=1S/C34H41F2N5O3/c1-6-21-15-34(21,18-40(4)5)19-44-32-38-30-25(31(39-32)41-12-8-11-33(3,43)17-41)16-37-29(28(30)36)24-14-22(42)13-20-9-10-26(35)23(7-2)27(20)24/h9-10,13-14,16,21,42-43H,6-8,11-12,15,17-19H2,1-5H3/t21?,33-,34?/m1/s1. The number of aliphatic hydroxyl groups is 1. The lowest BCUT2D eigenvalue weighted by atomic mass is 9.94. The number of β-amino-alcohol motifs (C(OH)–C–C–N with tert-alkyl or cyclic N) is 1. The van der Waals surface area contributed by atoms with E-state index in [2.05, 4.69) is 21.8 Å². The van der Waals surface area contributed by atoms with Crippen LogP contribution in [0.25, 0.3) is 32.9 Å². The number of fused-ring (bicyclic) bond motifs is 2. The molecule has 4 aromatic rings. The molecule has 1 saturated carbocycles. The highest BCUT2D eigenvalue weighted by Gasteiger charge is 2.53. The molecule has 3 atom stereocenters. The van der Waals surface area contributed by atoms with Crippen LogP contribution >= 0.6 is 0 Å². The summed E-state index contributed by atoms with van der Waals surface area (Å²) in [5.74, 6) is -0.205. The maximum Gasteiger partial charge on any atom is 0.319 e. The van der Waals surface area contributed by atoms with Crippen molar-refractivity contribution in [2.75, 3.05) is 45.2 Å². The Morgan fingerprint density at radius 1 is 1.16 bits per heavy atom. The van der Waals surface area contributed by atoms with Crippen molar-refractivity contribution in [2.45, 2.75) is 58.5 Å². The van der Waals surface area contributed by atoms with Crippen LogP contribution in [0.2, 0.25) is 0 Å². The summed E-state index contributed by atoms with van der Waals surface area (Å²) >= 11 is 0. The summed E-state index contributed by atoms with van der Waals surface area (Å²) in [5, 5.41) is 22.9. The molecule has 0 bridgehead atoms. The molecular weight excluding hydrogens is 564 g/mol. The summed E-state index contributed by atoms with van der Waals surface area (Å²) in [5.41, 5.74) is -0.264. The molecule has 10 heteroatoms. The first kappa shape index (κ1) is 30.4. The fourth-order valence-corrected chi connectivity index (χ4v) is 7.21. The third-order valence-electron chi connectivity index (χ3n) is 9.35. The van der Waals surface area contributed by atoms with E-state index in [1.54, 1.807) is 13.0 Å². The smallest absolute Gasteiger partial charge is 0.319 e. The second-order valence-corrected chi connectivity index (χ2v) is 13.2. The lowest BCUT2D eigenvalue weighted by molar-refractivity contribution is 0.0447. The molecule has 44 heavy (non-hydrogen) atoms. The van der Waals surface area contributed by atoms with Crippen LogP contribution in [-0.2, 0) is 6.42 Å². The van der Waals surface area contributed by atoms with Crippen molar-refractivity contribution < 1.29 is 23.7 Å². The van der Waals surface area contributed by atoms with Gasteiger partial charge < -0.3 is 24.7 Å². The van der Waals surface area contributed by atoms with E-state index in [4.69, 9.17) is 9.72 Å². The zero-order valence-corrected chi connectivity index (χ0v) is 26.1. The van der Waals surface area contributed by atoms with Gasteiger partial charge in [0.05, 0.1) is 17.6 Å². The Balaban J connectivity index is 1.51. The number of phenolic OH excluding ortho intramolecular Hbond substituents is 1. The number of pyridine rings is 1. The van der Waals surface area contributed by atoms with Crippen molar-refractivity contribution in [3.8, 4) is 23.0 Å². The Kier molecular flexibility index (Phi) is 7.86. The predicted octanol–water partition coefficient (Wildman–Crippen LogP) is 6.10. The van der Waals surface area contributed by atoms with E-state index in [9.17, 15) is 14.6 Å². The normalized spacial score (nSPS) is 23.6. The minimum absolute atomic E-state index is 0.0193. The van der Waals surface area contributed by atoms with E-state index >= 15 is 4.39 Å². The number of ether oxygens (including phenoxy) is 1. The van der Waals surface area contributed by atoms with Crippen molar-refractivity contribution in [3.05, 3.63) is 47.7 Å². The number of aryl methyl sites for hydroxylation is 1. The molecular formula is C34H41F2N5O3. The lowest BCUT2D eigenvalue weighted by Crippen LogP contribution is -2.46. The third-order valence-corrected chi connectivity index (χ3v) is 9.35. The van der Waals surface area contributed by atoms with E-state index in [1.807, 2.05) is 25.9 Å². The fourth-order valence-electron chi connectivity index (χ4n) is 7.21. The minimum Gasteiger partial charge on any atom is -0.508 e. The molecule has 6 rings (SSSR count). The van der Waals surface area contributed by atoms with Crippen LogP contribution in [0.5, 0.6) is 11.8 Å². The number of hydrogen-bond donors (Lipinski definition) is 2. The molecule has 2 aromatic carbocycles. The van der Waals surface area contributed by atoms with Gasteiger partial charge in [-0.05, 0) is 87.2 Å². The number of aromatic nitrogens is 3. The molecule has 8 nitrogen and oxygen atoms in total. The van der Waals surface area contributed by atoms with Crippen LogP contribution in [-0.4, -0.2) is 76.0 Å². The van der Waals surface area contributed by atoms with Gasteiger partial charge in [-0.1, -0.05) is 26.3 Å². The summed E-state index contributed by atoms with van der Waals surface area (Å²) in [6.45, 7) is 8.02. The lowest BCUT2D eigenvalue weighted by Gasteiger charge is -2.37. The average Bonchev–Trinajstić information content (AvgIpc) is 3.67. The Morgan fingerprint density at radius 3 is 2.64 bits per heavy atom. The van der Waals surface area contributed by atoms with Gasteiger partial charge in [0.15, 0.2) is 5.82 Å². The van der Waals surface area contributed by atoms with E-state index in [0.717, 1.165) is 25.8 Å². The summed E-state index contributed by atoms with van der Waals surface area (Å²) < 4.78 is 38.0. The molecule has 2 fully saturated rings. The number of anilines is 1. The zero-order chi connectivity index (χ0) is 31.4. The second kappa shape index (κ2) is 11.4. The number of hydrogen-bond acceptors (Lipinski definition) is 8. The Hall–Kier alpha value is -3.63. The van der Waals surface area contributed by atoms with Gasteiger partial charge in [0.2, 0.25) is 0 Å². The van der Waals surface area contributed by atoms with E-state index in [0.29, 0.717) is 66.0 Å². The largest absolute Gasteiger partial charge is 0.508 e. The summed E-state index contributed by atoms with van der Waals surface area (Å²) in [6, 6.07) is 5.95. The molecule has 2 N–H and O–H groups in total. The highest BCUT2D eigenvalue weighted by molar-refractivity contribution is 6.01. The molecule has 3 heterocycles. The van der Waals surface area contributed by atoms with E-state index < -0.39 is 17.2 Å². The predicted molar refractivity (Wildman–Crippen MR) is 168 cm³/mol. The number of nitrogens with zero attached hydrogens (tertiary/aromatic N) is 5. The molecule has 2 aliphatic rings. The number of benzene rings is 2. The van der Waals surface area contributed by atoms with Gasteiger partial charge in [0.1, 0.15) is 28.6 Å². The van der Waals surface area contributed by atoms with Gasteiger partial charge in [-0.2, -0.15) is 9.97 Å². The molecule has 0 radical (unpaired) electrons. The quantitative estimate of drug-likeness (QED) is 0.237. The van der Waals surface area contributed by atoms with Crippen molar-refractivity contribution >= 4 is 27.5 Å². The van der Waals surface area contributed by atoms with Crippen LogP contribution in [0, 0.1) is 23.0 Å². The topological polar surface area (TPSA) is 94.8 Å². The van der Waals surface area contributed by atoms with Gasteiger partial charge in [-0.3, -0.25) is 4.98 Å². The molecule has 1 aliphatic carbocycles. The SMILES string of the molecule is CCc1c(F)ccc2cc(O)cc(-c3ncc4c(N5CCC[C@@](C)(O)C5)nc(OCC5(CN(C)C)CC5CC)nc4c3F)c12. The monoisotopic (exact) mass is 605 g/mol. The van der Waals surface area contributed by atoms with Crippen LogP contribution in [0.15, 0.2) is 30.5 Å². The maximum atomic E-state index is 16.7. The average molecular weight is 606 g/mol. The van der Waals surface area contributed by atoms with Crippen molar-refractivity contribution in [1.82, 2.24) is 19.9 Å². The van der Waals surface area contributed by atoms with Gasteiger partial charge >= 0.3 is 6.01 Å². The highest BCUT2D eigenvalue weighted by Crippen LogP contribution is 2.55. The molecule has 1 aliphatic heterocycles. The van der Waals surface area contributed by atoms with Crippen molar-refractivity contribution in [1.29, 1.82) is 0 Å². The summed E-state index contributed by atoms with van der Waals surface area (Å²) in [4.78, 5) is 18.0. The van der Waals surface area contributed by atoms with Crippen molar-refractivity contribution in [2.24, 2.45) is 11.3 Å². The fraction of sp³-hybridized carbons (Fsp3) is 0.500. The molecule has 0 amide bonds. The van der Waals surface area contributed by atoms with Gasteiger partial charge in [-0.25, -0.2) is 8.78 Å². The number of aromatic hydroxyl groups is 1. The maximum absolute atomic E-state index is 16.7. The molecule has 234 valence electrons. The summed E-state index contributed by atoms with van der Waals surface area (Å²) in [7, 11) is 4.09. The molecule has 0 spiro atoms. The number of phenols is 1. The number of rotatable bonds is 9. The van der Waals surface area contributed by atoms with Gasteiger partial charge in [0, 0.05) is 36.8 Å². The van der Waals surface area contributed by atoms with E-state index in [1.165, 1.54) is 24.4 Å². The Morgan fingerprint density at radius 2 is 1.95 bits per heavy atom. The van der Waals surface area contributed by atoms with Crippen molar-refractivity contribution in [3.63, 3.8) is 0 Å². The number of halogens is 2. The Labute approximate surface area is 256 Å². The third kappa shape index (κ3) is 5.54. The molecule has 2 aromatic heterocycles. The molecule has 1 saturated heterocycles. The first-order valence-corrected chi connectivity index (χ1v) is 15.5. The number of piperidine rings is 1. The first-order valence-electron chi connectivity index (χ1n) is 15.5. The zero-order valence-electron chi connectivity index (χ0n) is 26.1. The van der Waals surface area contributed by atoms with Crippen LogP contribution in [0.3, 0.4) is 0 Å². The van der Waals surface area contributed by atoms with E-state index in [-0.39, 0.29) is 33.9 Å². The van der Waals surface area contributed by atoms with Gasteiger partial charge in [0.25, 0.3) is 0 Å². The molecule has 2 unspecified atom stereocenters. The van der Waals surface area contributed by atoms with Crippen LogP contribution in [0.4, 0.5) is 14.6 Å². The van der Waals surface area contributed by atoms with Crippen LogP contribution < -0.4 is 9.64 Å². The van der Waals surface area contributed by atoms with Crippen LogP contribution in [0.1, 0.15) is 52.0 Å². The highest BCUT2D eigenvalue weighted by atomic mass is 19.1. The Bertz CT molecular complexity index is 1730. The first-order chi connectivity index (χ1) is 20.9. The minimum atomic E-state index is -0.929. The van der Waals surface area contributed by atoms with Gasteiger partial charge in [-0.15, -0.1) is 0 Å². The second-order valence-electron chi connectivity index (χ2n) is 13.2.